The number of hydrogen-bond donors (Lipinski definition) is 1. The third kappa shape index (κ3) is 2.91. The Morgan fingerprint density at radius 1 is 1.14 bits per heavy atom. The highest BCUT2D eigenvalue weighted by Gasteiger charge is 2.25. The average molecular weight is 315 g/mol. The van der Waals surface area contributed by atoms with Gasteiger partial charge >= 0.3 is 0 Å². The molecule has 0 aliphatic heterocycles. The van der Waals surface area contributed by atoms with Gasteiger partial charge in [0.1, 0.15) is 5.01 Å². The van der Waals surface area contributed by atoms with Crippen LogP contribution in [0.3, 0.4) is 0 Å². The Balaban J connectivity index is 1.86. The summed E-state index contributed by atoms with van der Waals surface area (Å²) in [5.74, 6) is 0. The summed E-state index contributed by atoms with van der Waals surface area (Å²) in [5, 5.41) is 15.4. The summed E-state index contributed by atoms with van der Waals surface area (Å²) < 4.78 is 1.81. The SMILES string of the molecule is CC(C)(C)c1nc2sc(CCc3ccccc3)nn2c1CO. The summed E-state index contributed by atoms with van der Waals surface area (Å²) in [5.41, 5.74) is 2.97. The maximum atomic E-state index is 9.69. The topological polar surface area (TPSA) is 50.4 Å². The van der Waals surface area contributed by atoms with E-state index in [9.17, 15) is 5.11 Å². The predicted molar refractivity (Wildman–Crippen MR) is 89.3 cm³/mol. The first-order valence-electron chi connectivity index (χ1n) is 7.51. The molecule has 2 heterocycles. The molecule has 0 aliphatic carbocycles. The third-order valence-electron chi connectivity index (χ3n) is 3.67. The number of imidazole rings is 1. The van der Waals surface area contributed by atoms with Gasteiger partial charge in [-0.15, -0.1) is 0 Å². The maximum absolute atomic E-state index is 9.69. The summed E-state index contributed by atoms with van der Waals surface area (Å²) in [6.07, 6.45) is 1.87. The molecule has 0 fully saturated rings. The van der Waals surface area contributed by atoms with Gasteiger partial charge < -0.3 is 5.11 Å². The molecule has 3 aromatic rings. The molecule has 0 atom stereocenters. The number of nitrogens with zero attached hydrogens (tertiary/aromatic N) is 3. The van der Waals surface area contributed by atoms with Gasteiger partial charge in [0, 0.05) is 11.8 Å². The highest BCUT2D eigenvalue weighted by Crippen LogP contribution is 2.28. The first-order valence-corrected chi connectivity index (χ1v) is 8.33. The second kappa shape index (κ2) is 5.82. The van der Waals surface area contributed by atoms with Crippen LogP contribution in [0.15, 0.2) is 30.3 Å². The largest absolute Gasteiger partial charge is 0.390 e. The highest BCUT2D eigenvalue weighted by molar-refractivity contribution is 7.16. The molecule has 5 heteroatoms. The van der Waals surface area contributed by atoms with Gasteiger partial charge in [-0.1, -0.05) is 62.4 Å². The zero-order valence-electron chi connectivity index (χ0n) is 13.2. The van der Waals surface area contributed by atoms with Crippen LogP contribution in [0.2, 0.25) is 0 Å². The predicted octanol–water partition coefficient (Wildman–Crippen LogP) is 3.37. The van der Waals surface area contributed by atoms with Crippen LogP contribution in [0, 0.1) is 0 Å². The van der Waals surface area contributed by atoms with Crippen molar-refractivity contribution in [1.82, 2.24) is 14.6 Å². The molecule has 0 radical (unpaired) electrons. The Labute approximate surface area is 134 Å². The maximum Gasteiger partial charge on any atom is 0.212 e. The lowest BCUT2D eigenvalue weighted by atomic mass is 9.91. The second-order valence-corrected chi connectivity index (χ2v) is 7.53. The van der Waals surface area contributed by atoms with Crippen molar-refractivity contribution in [2.75, 3.05) is 0 Å². The smallest absolute Gasteiger partial charge is 0.212 e. The molecule has 0 unspecified atom stereocenters. The standard InChI is InChI=1S/C17H21N3OS/c1-17(2,3)15-13(11-21)20-16(18-15)22-14(19-20)10-9-12-7-5-4-6-8-12/h4-8,21H,9-11H2,1-3H3. The van der Waals surface area contributed by atoms with E-state index in [1.165, 1.54) is 5.56 Å². The van der Waals surface area contributed by atoms with Gasteiger partial charge in [-0.3, -0.25) is 0 Å². The van der Waals surface area contributed by atoms with E-state index in [0.29, 0.717) is 0 Å². The van der Waals surface area contributed by atoms with E-state index >= 15 is 0 Å². The van der Waals surface area contributed by atoms with Crippen LogP contribution in [0.25, 0.3) is 4.96 Å². The molecule has 22 heavy (non-hydrogen) atoms. The quantitative estimate of drug-likeness (QED) is 0.803. The first-order chi connectivity index (χ1) is 10.5. The van der Waals surface area contributed by atoms with Crippen molar-refractivity contribution < 1.29 is 5.11 Å². The summed E-state index contributed by atoms with van der Waals surface area (Å²) in [7, 11) is 0. The van der Waals surface area contributed by atoms with Crippen LogP contribution >= 0.6 is 11.3 Å². The van der Waals surface area contributed by atoms with Gasteiger partial charge in [0.15, 0.2) is 0 Å². The van der Waals surface area contributed by atoms with Crippen molar-refractivity contribution in [3.05, 3.63) is 52.3 Å². The fraction of sp³-hybridized carbons (Fsp3) is 0.412. The van der Waals surface area contributed by atoms with Gasteiger partial charge in [0.2, 0.25) is 4.96 Å². The number of aliphatic hydroxyl groups is 1. The van der Waals surface area contributed by atoms with Crippen molar-refractivity contribution in [3.63, 3.8) is 0 Å². The minimum absolute atomic E-state index is 0.0321. The Kier molecular flexibility index (Phi) is 4.02. The van der Waals surface area contributed by atoms with E-state index in [-0.39, 0.29) is 12.0 Å². The van der Waals surface area contributed by atoms with Gasteiger partial charge in [-0.2, -0.15) is 5.10 Å². The number of hydrogen-bond acceptors (Lipinski definition) is 4. The number of fused-ring (bicyclic) bond motifs is 1. The molecule has 0 spiro atoms. The summed E-state index contributed by atoms with van der Waals surface area (Å²) >= 11 is 1.61. The van der Waals surface area contributed by atoms with Gasteiger partial charge in [0.05, 0.1) is 18.0 Å². The summed E-state index contributed by atoms with van der Waals surface area (Å²) in [6.45, 7) is 6.29. The van der Waals surface area contributed by atoms with Crippen LogP contribution in [0.5, 0.6) is 0 Å². The normalized spacial score (nSPS) is 12.2. The number of aromatic nitrogens is 3. The Bertz CT molecular complexity index is 768. The number of rotatable bonds is 4. The molecule has 0 saturated carbocycles. The Morgan fingerprint density at radius 3 is 2.50 bits per heavy atom. The monoisotopic (exact) mass is 315 g/mol. The van der Waals surface area contributed by atoms with Crippen molar-refractivity contribution in [3.8, 4) is 0 Å². The lowest BCUT2D eigenvalue weighted by molar-refractivity contribution is 0.270. The van der Waals surface area contributed by atoms with Crippen molar-refractivity contribution in [2.24, 2.45) is 0 Å². The molecule has 4 nitrogen and oxygen atoms in total. The van der Waals surface area contributed by atoms with Crippen molar-refractivity contribution in [2.45, 2.75) is 45.6 Å². The van der Waals surface area contributed by atoms with Gasteiger partial charge in [0.25, 0.3) is 0 Å². The van der Waals surface area contributed by atoms with Crippen LogP contribution in [-0.4, -0.2) is 19.7 Å². The van der Waals surface area contributed by atoms with Gasteiger partial charge in [-0.05, 0) is 12.0 Å². The molecule has 0 amide bonds. The molecule has 2 aromatic heterocycles. The third-order valence-corrected chi connectivity index (χ3v) is 4.64. The van der Waals surface area contributed by atoms with Crippen LogP contribution in [0.4, 0.5) is 0 Å². The molecule has 1 N–H and O–H groups in total. The molecule has 1 aromatic carbocycles. The molecule has 0 saturated heterocycles. The van der Waals surface area contributed by atoms with Gasteiger partial charge in [-0.25, -0.2) is 9.50 Å². The minimum Gasteiger partial charge on any atom is -0.390 e. The Hall–Kier alpha value is -1.72. The van der Waals surface area contributed by atoms with E-state index in [2.05, 4.69) is 55.1 Å². The molecule has 116 valence electrons. The molecule has 0 bridgehead atoms. The molecule has 0 aliphatic rings. The zero-order chi connectivity index (χ0) is 15.7. The summed E-state index contributed by atoms with van der Waals surface area (Å²) in [4.78, 5) is 5.56. The first kappa shape index (κ1) is 15.2. The van der Waals surface area contributed by atoms with Crippen molar-refractivity contribution >= 4 is 16.3 Å². The molecular weight excluding hydrogens is 294 g/mol. The molecular formula is C17H21N3OS. The van der Waals surface area contributed by atoms with E-state index < -0.39 is 0 Å². The van der Waals surface area contributed by atoms with E-state index in [0.717, 1.165) is 34.2 Å². The number of benzene rings is 1. The average Bonchev–Trinajstić information content (AvgIpc) is 3.02. The number of aryl methyl sites for hydroxylation is 2. The fourth-order valence-corrected chi connectivity index (χ4v) is 3.48. The zero-order valence-corrected chi connectivity index (χ0v) is 14.0. The van der Waals surface area contributed by atoms with Crippen LogP contribution in [-0.2, 0) is 24.9 Å². The number of aliphatic hydroxyl groups excluding tert-OH is 1. The van der Waals surface area contributed by atoms with Crippen molar-refractivity contribution in [1.29, 1.82) is 0 Å². The van der Waals surface area contributed by atoms with E-state index in [1.54, 1.807) is 11.3 Å². The molecule has 3 rings (SSSR count). The van der Waals surface area contributed by atoms with Crippen LogP contribution in [0.1, 0.15) is 42.7 Å². The lowest BCUT2D eigenvalue weighted by Gasteiger charge is -2.16. The van der Waals surface area contributed by atoms with E-state index in [4.69, 9.17) is 0 Å². The second-order valence-electron chi connectivity index (χ2n) is 6.49. The van der Waals surface area contributed by atoms with E-state index in [1.807, 2.05) is 10.6 Å². The highest BCUT2D eigenvalue weighted by atomic mass is 32.1. The Morgan fingerprint density at radius 2 is 1.86 bits per heavy atom. The fourth-order valence-electron chi connectivity index (χ4n) is 2.57. The van der Waals surface area contributed by atoms with Crippen LogP contribution < -0.4 is 0 Å². The minimum atomic E-state index is -0.0876. The summed E-state index contributed by atoms with van der Waals surface area (Å²) in [6, 6.07) is 10.4. The lowest BCUT2D eigenvalue weighted by Crippen LogP contribution is -2.15.